The third-order valence-electron chi connectivity index (χ3n) is 4.29. The number of carboxylic acid groups (broad SMARTS) is 1. The molecule has 1 aromatic rings. The van der Waals surface area contributed by atoms with E-state index in [-0.39, 0.29) is 30.4 Å². The molecule has 0 radical (unpaired) electrons. The van der Waals surface area contributed by atoms with E-state index in [4.69, 9.17) is 5.11 Å². The van der Waals surface area contributed by atoms with Crippen molar-refractivity contribution >= 4 is 27.6 Å². The molecule has 1 aliphatic heterocycles. The fraction of sp³-hybridized carbons (Fsp3) is 0.467. The number of carbonyl (C=O) groups is 2. The van der Waals surface area contributed by atoms with Crippen molar-refractivity contribution in [2.45, 2.75) is 19.4 Å². The van der Waals surface area contributed by atoms with Crippen LogP contribution in [-0.4, -0.2) is 37.7 Å². The first-order chi connectivity index (χ1) is 11.3. The standard InChI is InChI=1S/C15H17FN2O5S/c16-12-6-9(8-17-14(19)10-7-11(10)15(20)21)2-3-13(12)18-4-1-5-24(18,22)23/h2-3,6,10-11H,1,4-5,7-8H2,(H,17,19)(H,20,21). The van der Waals surface area contributed by atoms with Gasteiger partial charge in [-0.15, -0.1) is 0 Å². The summed E-state index contributed by atoms with van der Waals surface area (Å²) in [5, 5.41) is 11.4. The zero-order chi connectivity index (χ0) is 17.5. The zero-order valence-electron chi connectivity index (χ0n) is 12.7. The maximum Gasteiger partial charge on any atom is 0.307 e. The highest BCUT2D eigenvalue weighted by Gasteiger charge is 2.48. The molecule has 130 valence electrons. The number of amides is 1. The molecule has 9 heteroatoms. The first kappa shape index (κ1) is 16.7. The van der Waals surface area contributed by atoms with Gasteiger partial charge in [-0.25, -0.2) is 12.8 Å². The Labute approximate surface area is 138 Å². The maximum absolute atomic E-state index is 14.2. The van der Waals surface area contributed by atoms with Crippen LogP contribution in [0.5, 0.6) is 0 Å². The Bertz CT molecular complexity index is 795. The average molecular weight is 356 g/mol. The third kappa shape index (κ3) is 3.21. The van der Waals surface area contributed by atoms with Crippen LogP contribution in [0, 0.1) is 17.7 Å². The maximum atomic E-state index is 14.2. The Balaban J connectivity index is 1.63. The number of carboxylic acids is 1. The van der Waals surface area contributed by atoms with Gasteiger partial charge in [0.2, 0.25) is 15.9 Å². The van der Waals surface area contributed by atoms with Crippen molar-refractivity contribution in [3.8, 4) is 0 Å². The van der Waals surface area contributed by atoms with Crippen LogP contribution in [0.3, 0.4) is 0 Å². The van der Waals surface area contributed by atoms with E-state index in [1.165, 1.54) is 12.1 Å². The first-order valence-corrected chi connectivity index (χ1v) is 9.20. The lowest BCUT2D eigenvalue weighted by atomic mass is 10.2. The summed E-state index contributed by atoms with van der Waals surface area (Å²) >= 11 is 0. The molecule has 2 N–H and O–H groups in total. The summed E-state index contributed by atoms with van der Waals surface area (Å²) in [6.45, 7) is 0.319. The van der Waals surface area contributed by atoms with Gasteiger partial charge in [-0.2, -0.15) is 0 Å². The number of benzene rings is 1. The van der Waals surface area contributed by atoms with Gasteiger partial charge in [0.05, 0.1) is 23.3 Å². The van der Waals surface area contributed by atoms with Gasteiger partial charge in [0.1, 0.15) is 5.82 Å². The molecule has 1 aliphatic carbocycles. The van der Waals surface area contributed by atoms with Gasteiger partial charge in [0.15, 0.2) is 0 Å². The SMILES string of the molecule is O=C(O)C1CC1C(=O)NCc1ccc(N2CCCS2(=O)=O)c(F)c1. The summed E-state index contributed by atoms with van der Waals surface area (Å²) in [4.78, 5) is 22.5. The third-order valence-corrected chi connectivity index (χ3v) is 6.15. The van der Waals surface area contributed by atoms with E-state index in [2.05, 4.69) is 5.32 Å². The molecular formula is C15H17FN2O5S. The molecule has 2 aliphatic rings. The van der Waals surface area contributed by atoms with Crippen molar-refractivity contribution in [1.29, 1.82) is 0 Å². The normalized spacial score (nSPS) is 24.6. The molecule has 1 saturated heterocycles. The van der Waals surface area contributed by atoms with E-state index in [1.807, 2.05) is 0 Å². The fourth-order valence-corrected chi connectivity index (χ4v) is 4.42. The van der Waals surface area contributed by atoms with Crippen molar-refractivity contribution in [2.24, 2.45) is 11.8 Å². The number of nitrogens with zero attached hydrogens (tertiary/aromatic N) is 1. The Morgan fingerprint density at radius 1 is 1.33 bits per heavy atom. The lowest BCUT2D eigenvalue weighted by Crippen LogP contribution is -2.27. The minimum atomic E-state index is -3.45. The highest BCUT2D eigenvalue weighted by Crippen LogP contribution is 2.38. The van der Waals surface area contributed by atoms with Crippen LogP contribution in [0.15, 0.2) is 18.2 Å². The number of carbonyl (C=O) groups excluding carboxylic acids is 1. The second-order valence-electron chi connectivity index (χ2n) is 6.03. The van der Waals surface area contributed by atoms with Gasteiger partial charge in [0, 0.05) is 13.1 Å². The molecule has 1 aromatic carbocycles. The number of halogens is 1. The summed E-state index contributed by atoms with van der Waals surface area (Å²) in [6.07, 6.45) is 0.785. The first-order valence-electron chi connectivity index (χ1n) is 7.59. The Morgan fingerprint density at radius 2 is 2.08 bits per heavy atom. The molecule has 24 heavy (non-hydrogen) atoms. The summed E-state index contributed by atoms with van der Waals surface area (Å²) in [5.74, 6) is -3.17. The number of hydrogen-bond donors (Lipinski definition) is 2. The predicted molar refractivity (Wildman–Crippen MR) is 83.2 cm³/mol. The molecular weight excluding hydrogens is 339 g/mol. The van der Waals surface area contributed by atoms with Crippen molar-refractivity contribution in [3.05, 3.63) is 29.6 Å². The van der Waals surface area contributed by atoms with E-state index >= 15 is 0 Å². The molecule has 7 nitrogen and oxygen atoms in total. The summed E-state index contributed by atoms with van der Waals surface area (Å²) in [5.41, 5.74) is 0.490. The Hall–Kier alpha value is -2.16. The van der Waals surface area contributed by atoms with Crippen LogP contribution < -0.4 is 9.62 Å². The second kappa shape index (κ2) is 6.04. The Morgan fingerprint density at radius 3 is 2.62 bits per heavy atom. The molecule has 0 bridgehead atoms. The van der Waals surface area contributed by atoms with E-state index in [9.17, 15) is 22.4 Å². The van der Waals surface area contributed by atoms with Crippen LogP contribution in [0.4, 0.5) is 10.1 Å². The van der Waals surface area contributed by atoms with Gasteiger partial charge in [-0.1, -0.05) is 6.07 Å². The molecule has 0 spiro atoms. The van der Waals surface area contributed by atoms with E-state index in [1.54, 1.807) is 6.07 Å². The minimum absolute atomic E-state index is 0.00992. The summed E-state index contributed by atoms with van der Waals surface area (Å²) in [7, 11) is -3.45. The lowest BCUT2D eigenvalue weighted by molar-refractivity contribution is -0.140. The molecule has 0 aromatic heterocycles. The second-order valence-corrected chi connectivity index (χ2v) is 8.05. The van der Waals surface area contributed by atoms with Gasteiger partial charge >= 0.3 is 5.97 Å². The zero-order valence-corrected chi connectivity index (χ0v) is 13.6. The van der Waals surface area contributed by atoms with E-state index < -0.39 is 33.6 Å². The van der Waals surface area contributed by atoms with Crippen LogP contribution in [-0.2, 0) is 26.2 Å². The van der Waals surface area contributed by atoms with Crippen molar-refractivity contribution in [2.75, 3.05) is 16.6 Å². The van der Waals surface area contributed by atoms with Crippen LogP contribution in [0.1, 0.15) is 18.4 Å². The highest BCUT2D eigenvalue weighted by molar-refractivity contribution is 7.93. The number of nitrogens with one attached hydrogen (secondary N) is 1. The molecule has 2 unspecified atom stereocenters. The van der Waals surface area contributed by atoms with Gasteiger partial charge < -0.3 is 10.4 Å². The monoisotopic (exact) mass is 356 g/mol. The lowest BCUT2D eigenvalue weighted by Gasteiger charge is -2.18. The number of hydrogen-bond acceptors (Lipinski definition) is 4. The largest absolute Gasteiger partial charge is 0.481 e. The van der Waals surface area contributed by atoms with Crippen molar-refractivity contribution in [1.82, 2.24) is 5.32 Å². The molecule has 1 amide bonds. The number of rotatable bonds is 5. The molecule has 3 rings (SSSR count). The minimum Gasteiger partial charge on any atom is -0.481 e. The van der Waals surface area contributed by atoms with E-state index in [0.29, 0.717) is 18.4 Å². The Kier molecular flexibility index (Phi) is 4.20. The summed E-state index contributed by atoms with van der Waals surface area (Å²) in [6, 6.07) is 4.12. The van der Waals surface area contributed by atoms with Gasteiger partial charge in [-0.05, 0) is 30.5 Å². The van der Waals surface area contributed by atoms with Crippen molar-refractivity contribution < 1.29 is 27.5 Å². The van der Waals surface area contributed by atoms with Crippen LogP contribution >= 0.6 is 0 Å². The van der Waals surface area contributed by atoms with Crippen LogP contribution in [0.2, 0.25) is 0 Å². The predicted octanol–water partition coefficient (Wildman–Crippen LogP) is 0.702. The van der Waals surface area contributed by atoms with Gasteiger partial charge in [0.25, 0.3) is 0 Å². The quantitative estimate of drug-likeness (QED) is 0.808. The molecule has 1 heterocycles. The van der Waals surface area contributed by atoms with Crippen molar-refractivity contribution in [3.63, 3.8) is 0 Å². The number of sulfonamides is 1. The van der Waals surface area contributed by atoms with Gasteiger partial charge in [-0.3, -0.25) is 13.9 Å². The topological polar surface area (TPSA) is 104 Å². The summed E-state index contributed by atoms with van der Waals surface area (Å²) < 4.78 is 38.9. The number of aliphatic carboxylic acids is 1. The van der Waals surface area contributed by atoms with Crippen LogP contribution in [0.25, 0.3) is 0 Å². The highest BCUT2D eigenvalue weighted by atomic mass is 32.2. The fourth-order valence-electron chi connectivity index (χ4n) is 2.85. The molecule has 1 saturated carbocycles. The molecule has 2 atom stereocenters. The smallest absolute Gasteiger partial charge is 0.307 e. The average Bonchev–Trinajstić information content (AvgIpc) is 3.24. The van der Waals surface area contributed by atoms with E-state index in [0.717, 1.165) is 4.31 Å². The molecule has 2 fully saturated rings. The number of anilines is 1.